The highest BCUT2D eigenvalue weighted by molar-refractivity contribution is 14.0. The van der Waals surface area contributed by atoms with Gasteiger partial charge in [-0.2, -0.15) is 0 Å². The van der Waals surface area contributed by atoms with Crippen molar-refractivity contribution in [3.63, 3.8) is 0 Å². The number of likely N-dealkylation sites (tertiary alicyclic amines) is 1. The van der Waals surface area contributed by atoms with Gasteiger partial charge in [0.15, 0.2) is 5.96 Å². The van der Waals surface area contributed by atoms with Crippen molar-refractivity contribution >= 4 is 35.9 Å². The first kappa shape index (κ1) is 20.5. The third kappa shape index (κ3) is 5.50. The molecule has 2 fully saturated rings. The van der Waals surface area contributed by atoms with Gasteiger partial charge in [-0.15, -0.1) is 24.0 Å². The Kier molecular flexibility index (Phi) is 8.64. The number of methoxy groups -OCH3 is 1. The summed E-state index contributed by atoms with van der Waals surface area (Å²) in [6.07, 6.45) is 5.34. The van der Waals surface area contributed by atoms with Crippen molar-refractivity contribution in [2.75, 3.05) is 33.8 Å². The van der Waals surface area contributed by atoms with Crippen molar-refractivity contribution in [3.05, 3.63) is 0 Å². The minimum atomic E-state index is -0.105. The zero-order valence-corrected chi connectivity index (χ0v) is 17.2. The first-order valence-corrected chi connectivity index (χ1v) is 8.58. The van der Waals surface area contributed by atoms with Crippen molar-refractivity contribution in [3.8, 4) is 0 Å². The van der Waals surface area contributed by atoms with Gasteiger partial charge in [0.25, 0.3) is 0 Å². The summed E-state index contributed by atoms with van der Waals surface area (Å²) in [7, 11) is 3.29. The van der Waals surface area contributed by atoms with E-state index in [1.165, 1.54) is 32.8 Å². The average molecular weight is 437 g/mol. The Labute approximate surface area is 157 Å². The van der Waals surface area contributed by atoms with E-state index in [0.29, 0.717) is 12.5 Å². The normalized spacial score (nSPS) is 31.5. The van der Waals surface area contributed by atoms with Gasteiger partial charge in [-0.1, -0.05) is 26.7 Å². The molecule has 0 aromatic rings. The molecule has 6 heteroatoms. The van der Waals surface area contributed by atoms with Crippen LogP contribution in [-0.4, -0.2) is 50.6 Å². The van der Waals surface area contributed by atoms with Crippen molar-refractivity contribution in [1.82, 2.24) is 10.2 Å². The Morgan fingerprint density at radius 3 is 2.65 bits per heavy atom. The van der Waals surface area contributed by atoms with Gasteiger partial charge in [0, 0.05) is 26.7 Å². The van der Waals surface area contributed by atoms with Gasteiger partial charge in [-0.05, 0) is 30.6 Å². The van der Waals surface area contributed by atoms with Gasteiger partial charge in [0.05, 0.1) is 13.0 Å². The van der Waals surface area contributed by atoms with E-state index < -0.39 is 0 Å². The van der Waals surface area contributed by atoms with Crippen LogP contribution < -0.4 is 5.32 Å². The van der Waals surface area contributed by atoms with Gasteiger partial charge in [-0.25, -0.2) is 0 Å². The first-order valence-electron chi connectivity index (χ1n) is 8.58. The van der Waals surface area contributed by atoms with Gasteiger partial charge >= 0.3 is 5.97 Å². The molecule has 0 aromatic carbocycles. The average Bonchev–Trinajstić information content (AvgIpc) is 2.89. The number of guanidine groups is 1. The maximum Gasteiger partial charge on any atom is 0.310 e. The lowest BCUT2D eigenvalue weighted by Gasteiger charge is -2.29. The molecule has 134 valence electrons. The fraction of sp³-hybridized carbons (Fsp3) is 0.882. The van der Waals surface area contributed by atoms with E-state index in [1.54, 1.807) is 0 Å². The molecule has 0 bridgehead atoms. The van der Waals surface area contributed by atoms with Crippen LogP contribution in [0.2, 0.25) is 0 Å². The summed E-state index contributed by atoms with van der Waals surface area (Å²) >= 11 is 0. The second-order valence-corrected chi connectivity index (χ2v) is 7.08. The lowest BCUT2D eigenvalue weighted by Crippen LogP contribution is -2.43. The summed E-state index contributed by atoms with van der Waals surface area (Å²) in [5.74, 6) is 2.68. The van der Waals surface area contributed by atoms with E-state index in [4.69, 9.17) is 4.74 Å². The molecule has 5 nitrogen and oxygen atoms in total. The van der Waals surface area contributed by atoms with E-state index >= 15 is 0 Å². The van der Waals surface area contributed by atoms with Crippen molar-refractivity contribution in [2.24, 2.45) is 28.7 Å². The molecule has 1 saturated carbocycles. The highest BCUT2D eigenvalue weighted by Gasteiger charge is 2.37. The third-order valence-corrected chi connectivity index (χ3v) is 5.22. The number of esters is 1. The molecular weight excluding hydrogens is 405 g/mol. The predicted octanol–water partition coefficient (Wildman–Crippen LogP) is 2.75. The quantitative estimate of drug-likeness (QED) is 0.319. The Balaban J connectivity index is 0.00000264. The number of rotatable bonds is 3. The standard InChI is InChI=1S/C17H31N3O2.HI/c1-12-6-5-7-14(8-12)9-19-17(18-3)20-10-13(2)15(11-20)16(21)22-4;/h12-15H,5-11H2,1-4H3,(H,18,19);1H. The number of hydrogen-bond acceptors (Lipinski definition) is 3. The molecular formula is C17H32IN3O2. The summed E-state index contributed by atoms with van der Waals surface area (Å²) in [6.45, 7) is 7.02. The van der Waals surface area contributed by atoms with Crippen molar-refractivity contribution < 1.29 is 9.53 Å². The number of carbonyl (C=O) groups excluding carboxylic acids is 1. The number of aliphatic imine (C=N–C) groups is 1. The minimum Gasteiger partial charge on any atom is -0.469 e. The predicted molar refractivity (Wildman–Crippen MR) is 104 cm³/mol. The number of nitrogens with zero attached hydrogens (tertiary/aromatic N) is 2. The fourth-order valence-electron chi connectivity index (χ4n) is 3.91. The van der Waals surface area contributed by atoms with Crippen LogP contribution in [0.3, 0.4) is 0 Å². The van der Waals surface area contributed by atoms with E-state index in [2.05, 4.69) is 29.1 Å². The van der Waals surface area contributed by atoms with Gasteiger partial charge in [0.1, 0.15) is 0 Å². The molecule has 0 radical (unpaired) electrons. The number of nitrogens with one attached hydrogen (secondary N) is 1. The Morgan fingerprint density at radius 1 is 1.30 bits per heavy atom. The van der Waals surface area contributed by atoms with Crippen molar-refractivity contribution in [2.45, 2.75) is 39.5 Å². The van der Waals surface area contributed by atoms with Crippen LogP contribution in [-0.2, 0) is 9.53 Å². The molecule has 1 saturated heterocycles. The first-order chi connectivity index (χ1) is 10.5. The lowest BCUT2D eigenvalue weighted by molar-refractivity contribution is -0.145. The Bertz CT molecular complexity index is 417. The van der Waals surface area contributed by atoms with Crippen LogP contribution in [0.15, 0.2) is 4.99 Å². The molecule has 23 heavy (non-hydrogen) atoms. The second kappa shape index (κ2) is 9.69. The third-order valence-electron chi connectivity index (χ3n) is 5.22. The largest absolute Gasteiger partial charge is 0.469 e. The van der Waals surface area contributed by atoms with E-state index in [1.807, 2.05) is 7.05 Å². The van der Waals surface area contributed by atoms with Crippen LogP contribution in [0.4, 0.5) is 0 Å². The minimum absolute atomic E-state index is 0. The molecule has 0 aromatic heterocycles. The summed E-state index contributed by atoms with van der Waals surface area (Å²) in [5.41, 5.74) is 0. The van der Waals surface area contributed by atoms with Crippen LogP contribution >= 0.6 is 24.0 Å². The SMILES string of the molecule is CN=C(NCC1CCCC(C)C1)N1CC(C)C(C(=O)OC)C1.I. The van der Waals surface area contributed by atoms with Crippen LogP contribution in [0.5, 0.6) is 0 Å². The van der Waals surface area contributed by atoms with E-state index in [9.17, 15) is 4.79 Å². The molecule has 1 heterocycles. The smallest absolute Gasteiger partial charge is 0.310 e. The van der Waals surface area contributed by atoms with Gasteiger partial charge in [-0.3, -0.25) is 9.79 Å². The van der Waals surface area contributed by atoms with Gasteiger partial charge < -0.3 is 15.0 Å². The molecule has 0 amide bonds. The Morgan fingerprint density at radius 2 is 2.04 bits per heavy atom. The summed E-state index contributed by atoms with van der Waals surface area (Å²) in [4.78, 5) is 18.4. The fourth-order valence-corrected chi connectivity index (χ4v) is 3.91. The molecule has 1 aliphatic heterocycles. The number of hydrogen-bond donors (Lipinski definition) is 1. The van der Waals surface area contributed by atoms with Gasteiger partial charge in [0.2, 0.25) is 0 Å². The highest BCUT2D eigenvalue weighted by Crippen LogP contribution is 2.28. The second-order valence-electron chi connectivity index (χ2n) is 7.08. The maximum atomic E-state index is 11.8. The maximum absolute atomic E-state index is 11.8. The molecule has 1 aliphatic carbocycles. The summed E-state index contributed by atoms with van der Waals surface area (Å²) in [5, 5.41) is 3.52. The van der Waals surface area contributed by atoms with E-state index in [-0.39, 0.29) is 35.9 Å². The topological polar surface area (TPSA) is 53.9 Å². The molecule has 0 spiro atoms. The highest BCUT2D eigenvalue weighted by atomic mass is 127. The molecule has 4 atom stereocenters. The Hall–Kier alpha value is -0.530. The van der Waals surface area contributed by atoms with Crippen LogP contribution in [0.25, 0.3) is 0 Å². The molecule has 2 aliphatic rings. The molecule has 4 unspecified atom stereocenters. The molecule has 2 rings (SSSR count). The monoisotopic (exact) mass is 437 g/mol. The number of halogens is 1. The summed E-state index contributed by atoms with van der Waals surface area (Å²) in [6, 6.07) is 0. The number of ether oxygens (including phenoxy) is 1. The van der Waals surface area contributed by atoms with Crippen molar-refractivity contribution in [1.29, 1.82) is 0 Å². The zero-order valence-electron chi connectivity index (χ0n) is 14.9. The lowest BCUT2D eigenvalue weighted by atomic mass is 9.82. The number of carbonyl (C=O) groups is 1. The summed E-state index contributed by atoms with van der Waals surface area (Å²) < 4.78 is 4.91. The van der Waals surface area contributed by atoms with Crippen LogP contribution in [0.1, 0.15) is 39.5 Å². The molecule has 1 N–H and O–H groups in total. The van der Waals surface area contributed by atoms with E-state index in [0.717, 1.165) is 30.9 Å². The zero-order chi connectivity index (χ0) is 16.1. The van der Waals surface area contributed by atoms with Crippen LogP contribution in [0, 0.1) is 23.7 Å².